The summed E-state index contributed by atoms with van der Waals surface area (Å²) in [5.41, 5.74) is 1.90. The maximum atomic E-state index is 12.9. The predicted molar refractivity (Wildman–Crippen MR) is 119 cm³/mol. The molecule has 2 aromatic heterocycles. The number of benzene rings is 1. The molecule has 31 heavy (non-hydrogen) atoms. The summed E-state index contributed by atoms with van der Waals surface area (Å²) in [7, 11) is 0. The quantitative estimate of drug-likeness (QED) is 0.606. The van der Waals surface area contributed by atoms with Crippen molar-refractivity contribution in [2.24, 2.45) is 5.41 Å². The van der Waals surface area contributed by atoms with Crippen molar-refractivity contribution in [2.75, 3.05) is 6.61 Å². The summed E-state index contributed by atoms with van der Waals surface area (Å²) in [6.45, 7) is 9.19. The Morgan fingerprint density at radius 2 is 2.03 bits per heavy atom. The van der Waals surface area contributed by atoms with Crippen molar-refractivity contribution in [1.29, 1.82) is 0 Å². The van der Waals surface area contributed by atoms with Gasteiger partial charge in [0, 0.05) is 23.9 Å². The number of unbranched alkanes of at least 4 members (excludes halogenated alkanes) is 1. The lowest BCUT2D eigenvalue weighted by atomic mass is 9.79. The van der Waals surface area contributed by atoms with Gasteiger partial charge < -0.3 is 9.30 Å². The van der Waals surface area contributed by atoms with E-state index in [0.29, 0.717) is 17.4 Å². The molecule has 0 saturated heterocycles. The highest BCUT2D eigenvalue weighted by Gasteiger charge is 2.34. The predicted octanol–water partition coefficient (Wildman–Crippen LogP) is 3.76. The van der Waals surface area contributed by atoms with Crippen molar-refractivity contribution in [3.8, 4) is 22.7 Å². The molecule has 0 amide bonds. The van der Waals surface area contributed by atoms with Gasteiger partial charge >= 0.3 is 5.69 Å². The first-order valence-corrected chi connectivity index (χ1v) is 10.8. The SMILES string of the molecule is CCCCOc1cc2c(cc1Cl)-c1cc(=O)c(-n3nn[nH]c3=O)cn1C(C(C)(C)C)C2. The summed E-state index contributed by atoms with van der Waals surface area (Å²) in [4.78, 5) is 24.9. The zero-order valence-corrected chi connectivity index (χ0v) is 18.9. The van der Waals surface area contributed by atoms with Crippen LogP contribution in [0.1, 0.15) is 52.1 Å². The number of aromatic nitrogens is 5. The molecule has 1 N–H and O–H groups in total. The molecular weight excluding hydrogens is 418 g/mol. The first-order chi connectivity index (χ1) is 14.7. The zero-order valence-electron chi connectivity index (χ0n) is 18.1. The first-order valence-electron chi connectivity index (χ1n) is 10.4. The van der Waals surface area contributed by atoms with Crippen LogP contribution in [0.25, 0.3) is 16.9 Å². The number of fused-ring (bicyclic) bond motifs is 3. The van der Waals surface area contributed by atoms with Crippen molar-refractivity contribution in [3.05, 3.63) is 55.7 Å². The third-order valence-electron chi connectivity index (χ3n) is 5.70. The average Bonchev–Trinajstić information content (AvgIpc) is 3.12. The molecule has 0 fully saturated rings. The van der Waals surface area contributed by atoms with Crippen LogP contribution >= 0.6 is 11.6 Å². The Morgan fingerprint density at radius 3 is 2.68 bits per heavy atom. The maximum Gasteiger partial charge on any atom is 0.366 e. The van der Waals surface area contributed by atoms with Gasteiger partial charge in [0.15, 0.2) is 0 Å². The number of nitrogens with zero attached hydrogens (tertiary/aromatic N) is 4. The molecule has 0 bridgehead atoms. The van der Waals surface area contributed by atoms with E-state index >= 15 is 0 Å². The second-order valence-electron chi connectivity index (χ2n) is 8.96. The van der Waals surface area contributed by atoms with E-state index < -0.39 is 5.69 Å². The van der Waals surface area contributed by atoms with Gasteiger partial charge in [0.2, 0.25) is 5.43 Å². The number of hydrogen-bond donors (Lipinski definition) is 1. The number of halogens is 1. The fourth-order valence-corrected chi connectivity index (χ4v) is 4.21. The summed E-state index contributed by atoms with van der Waals surface area (Å²) in [5, 5.41) is 9.99. The molecule has 164 valence electrons. The number of tetrazole rings is 1. The molecule has 3 heterocycles. The minimum Gasteiger partial charge on any atom is -0.492 e. The Labute approximate surface area is 184 Å². The van der Waals surface area contributed by atoms with Gasteiger partial charge in [-0.3, -0.25) is 4.79 Å². The molecule has 3 aromatic rings. The molecule has 4 rings (SSSR count). The van der Waals surface area contributed by atoms with Gasteiger partial charge in [-0.1, -0.05) is 45.7 Å². The Hall–Kier alpha value is -2.87. The third kappa shape index (κ3) is 3.92. The van der Waals surface area contributed by atoms with E-state index in [1.807, 2.05) is 16.7 Å². The Morgan fingerprint density at radius 1 is 1.26 bits per heavy atom. The minimum atomic E-state index is -0.557. The summed E-state index contributed by atoms with van der Waals surface area (Å²) < 4.78 is 8.94. The molecule has 1 atom stereocenters. The smallest absolute Gasteiger partial charge is 0.366 e. The lowest BCUT2D eigenvalue weighted by Crippen LogP contribution is -2.33. The van der Waals surface area contributed by atoms with Crippen LogP contribution in [0, 0.1) is 5.41 Å². The molecule has 0 aliphatic carbocycles. The van der Waals surface area contributed by atoms with E-state index in [9.17, 15) is 9.59 Å². The van der Waals surface area contributed by atoms with Crippen LogP contribution in [0.5, 0.6) is 5.75 Å². The Bertz CT molecular complexity index is 1240. The lowest BCUT2D eigenvalue weighted by molar-refractivity contribution is 0.237. The van der Waals surface area contributed by atoms with Crippen LogP contribution in [0.15, 0.2) is 34.0 Å². The molecule has 9 heteroatoms. The van der Waals surface area contributed by atoms with Crippen molar-refractivity contribution in [3.63, 3.8) is 0 Å². The van der Waals surface area contributed by atoms with Crippen molar-refractivity contribution < 1.29 is 4.74 Å². The lowest BCUT2D eigenvalue weighted by Gasteiger charge is -2.39. The Balaban J connectivity index is 1.89. The van der Waals surface area contributed by atoms with Crippen molar-refractivity contribution in [2.45, 2.75) is 53.0 Å². The summed E-state index contributed by atoms with van der Waals surface area (Å²) in [6.07, 6.45) is 4.44. The van der Waals surface area contributed by atoms with Crippen LogP contribution in [0.2, 0.25) is 5.02 Å². The Kier molecular flexibility index (Phi) is 5.51. The number of aromatic amines is 1. The highest BCUT2D eigenvalue weighted by Crippen LogP contribution is 2.45. The normalized spacial score (nSPS) is 15.5. The number of hydrogen-bond acceptors (Lipinski definition) is 5. The second-order valence-corrected chi connectivity index (χ2v) is 9.37. The van der Waals surface area contributed by atoms with E-state index in [1.54, 1.807) is 12.3 Å². The average molecular weight is 444 g/mol. The van der Waals surface area contributed by atoms with Gasteiger partial charge in [0.1, 0.15) is 11.4 Å². The third-order valence-corrected chi connectivity index (χ3v) is 5.99. The first kappa shape index (κ1) is 21.4. The van der Waals surface area contributed by atoms with E-state index in [1.165, 1.54) is 0 Å². The molecule has 8 nitrogen and oxygen atoms in total. The fraction of sp³-hybridized carbons (Fsp3) is 0.455. The van der Waals surface area contributed by atoms with E-state index in [4.69, 9.17) is 16.3 Å². The fourth-order valence-electron chi connectivity index (χ4n) is 4.00. The standard InChI is InChI=1S/C22H26ClN5O3/c1-5-6-7-31-19-8-13-9-20(22(2,3)4)27-12-17(28-21(30)24-25-26-28)18(29)11-16(27)14(13)10-15(19)23/h8,10-12,20H,5-7,9H2,1-4H3,(H,24,26,30). The van der Waals surface area contributed by atoms with Gasteiger partial charge in [0.25, 0.3) is 0 Å². The zero-order chi connectivity index (χ0) is 22.3. The van der Waals surface area contributed by atoms with E-state index in [0.717, 1.165) is 40.8 Å². The van der Waals surface area contributed by atoms with Crippen LogP contribution in [-0.4, -0.2) is 31.4 Å². The molecular formula is C22H26ClN5O3. The largest absolute Gasteiger partial charge is 0.492 e. The van der Waals surface area contributed by atoms with E-state index in [-0.39, 0.29) is 22.6 Å². The van der Waals surface area contributed by atoms with Crippen LogP contribution < -0.4 is 15.9 Å². The number of nitrogens with one attached hydrogen (secondary N) is 1. The molecule has 0 radical (unpaired) electrons. The van der Waals surface area contributed by atoms with Gasteiger partial charge in [-0.25, -0.2) is 9.89 Å². The molecule has 1 unspecified atom stereocenters. The second kappa shape index (κ2) is 8.00. The van der Waals surface area contributed by atoms with Gasteiger partial charge in [-0.05, 0) is 46.4 Å². The monoisotopic (exact) mass is 443 g/mol. The molecule has 0 saturated carbocycles. The van der Waals surface area contributed by atoms with Crippen molar-refractivity contribution in [1.82, 2.24) is 24.8 Å². The number of pyridine rings is 1. The number of rotatable bonds is 5. The maximum absolute atomic E-state index is 12.9. The highest BCUT2D eigenvalue weighted by molar-refractivity contribution is 6.32. The van der Waals surface area contributed by atoms with Crippen LogP contribution in [0.3, 0.4) is 0 Å². The summed E-state index contributed by atoms with van der Waals surface area (Å²) >= 11 is 6.53. The van der Waals surface area contributed by atoms with Gasteiger partial charge in [-0.2, -0.15) is 4.68 Å². The minimum absolute atomic E-state index is 0.0432. The molecule has 1 aromatic carbocycles. The highest BCUT2D eigenvalue weighted by atomic mass is 35.5. The molecule has 1 aliphatic rings. The topological polar surface area (TPSA) is 94.8 Å². The van der Waals surface area contributed by atoms with Crippen LogP contribution in [0.4, 0.5) is 0 Å². The molecule has 0 spiro atoms. The summed E-state index contributed by atoms with van der Waals surface area (Å²) in [5.74, 6) is 0.670. The van der Waals surface area contributed by atoms with Gasteiger partial charge in [-0.15, -0.1) is 0 Å². The number of H-pyrrole nitrogens is 1. The number of ether oxygens (including phenoxy) is 1. The van der Waals surface area contributed by atoms with Gasteiger partial charge in [0.05, 0.1) is 17.3 Å². The summed E-state index contributed by atoms with van der Waals surface area (Å²) in [6, 6.07) is 5.45. The molecule has 1 aliphatic heterocycles. The van der Waals surface area contributed by atoms with E-state index in [2.05, 4.69) is 43.2 Å². The van der Waals surface area contributed by atoms with Crippen LogP contribution in [-0.2, 0) is 6.42 Å². The van der Waals surface area contributed by atoms with Crippen molar-refractivity contribution >= 4 is 11.6 Å².